The molecular formula is C21H23ClN4O2S. The number of rotatable bonds is 7. The van der Waals surface area contributed by atoms with Crippen LogP contribution in [0.3, 0.4) is 0 Å². The molecule has 1 heterocycles. The molecule has 0 bridgehead atoms. The molecule has 0 saturated carbocycles. The lowest BCUT2D eigenvalue weighted by Gasteiger charge is -2.31. The first-order valence-corrected chi connectivity index (χ1v) is 10.3. The van der Waals surface area contributed by atoms with Gasteiger partial charge in [0.05, 0.1) is 16.9 Å². The number of hydrogen-bond acceptors (Lipinski definition) is 4. The summed E-state index contributed by atoms with van der Waals surface area (Å²) < 4.78 is 0.223. The molecular weight excluding hydrogens is 408 g/mol. The molecule has 29 heavy (non-hydrogen) atoms. The van der Waals surface area contributed by atoms with E-state index in [0.29, 0.717) is 28.0 Å². The third-order valence-corrected chi connectivity index (χ3v) is 5.52. The van der Waals surface area contributed by atoms with Gasteiger partial charge in [0, 0.05) is 17.1 Å². The highest BCUT2D eigenvalue weighted by molar-refractivity contribution is 7.71. The Morgan fingerprint density at radius 3 is 2.59 bits per heavy atom. The number of nitrogens with one attached hydrogen (secondary N) is 3. The minimum atomic E-state index is -0.281. The first kappa shape index (κ1) is 21.2. The van der Waals surface area contributed by atoms with Crippen molar-refractivity contribution in [2.45, 2.75) is 19.9 Å². The van der Waals surface area contributed by atoms with Crippen LogP contribution in [0.1, 0.15) is 35.8 Å². The van der Waals surface area contributed by atoms with Crippen LogP contribution in [0.5, 0.6) is 0 Å². The van der Waals surface area contributed by atoms with Gasteiger partial charge in [-0.25, -0.2) is 0 Å². The summed E-state index contributed by atoms with van der Waals surface area (Å²) in [4.78, 5) is 32.5. The third kappa shape index (κ3) is 4.75. The van der Waals surface area contributed by atoms with Gasteiger partial charge in [-0.1, -0.05) is 43.6 Å². The van der Waals surface area contributed by atoms with Crippen LogP contribution in [0.4, 0.5) is 0 Å². The number of nitrogens with zero attached hydrogens (tertiary/aromatic N) is 1. The van der Waals surface area contributed by atoms with Gasteiger partial charge >= 0.3 is 0 Å². The lowest BCUT2D eigenvalue weighted by Crippen LogP contribution is -2.38. The number of H-pyrrole nitrogens is 2. The fourth-order valence-electron chi connectivity index (χ4n) is 3.45. The highest BCUT2D eigenvalue weighted by Crippen LogP contribution is 2.27. The molecule has 1 amide bonds. The predicted octanol–water partition coefficient (Wildman–Crippen LogP) is 4.05. The van der Waals surface area contributed by atoms with Gasteiger partial charge < -0.3 is 10.3 Å². The fourth-order valence-corrected chi connectivity index (χ4v) is 3.91. The molecule has 1 aromatic heterocycles. The summed E-state index contributed by atoms with van der Waals surface area (Å²) in [7, 11) is 0. The van der Waals surface area contributed by atoms with E-state index in [9.17, 15) is 9.59 Å². The molecule has 0 aliphatic heterocycles. The smallest absolute Gasteiger partial charge is 0.259 e. The summed E-state index contributed by atoms with van der Waals surface area (Å²) in [5.41, 5.74) is 1.67. The SMILES string of the molecule is CCN(CC)C(CNC(=O)c1ccc2c(=O)[nH]c(=S)[nH]c2c1)c1ccccc1Cl. The van der Waals surface area contributed by atoms with Crippen LogP contribution in [0.25, 0.3) is 10.9 Å². The molecule has 8 heteroatoms. The molecule has 0 spiro atoms. The van der Waals surface area contributed by atoms with E-state index in [0.717, 1.165) is 18.7 Å². The van der Waals surface area contributed by atoms with Gasteiger partial charge in [0.15, 0.2) is 4.77 Å². The number of carbonyl (C=O) groups is 1. The van der Waals surface area contributed by atoms with E-state index in [2.05, 4.69) is 34.0 Å². The number of hydrogen-bond donors (Lipinski definition) is 3. The fraction of sp³-hybridized carbons (Fsp3) is 0.286. The van der Waals surface area contributed by atoms with E-state index >= 15 is 0 Å². The van der Waals surface area contributed by atoms with Gasteiger partial charge in [0.1, 0.15) is 0 Å². The highest BCUT2D eigenvalue weighted by atomic mass is 35.5. The summed E-state index contributed by atoms with van der Waals surface area (Å²) in [6.45, 7) is 6.24. The summed E-state index contributed by atoms with van der Waals surface area (Å²) in [5.74, 6) is -0.226. The van der Waals surface area contributed by atoms with Crippen LogP contribution < -0.4 is 10.9 Å². The Bertz CT molecular complexity index is 1140. The summed E-state index contributed by atoms with van der Waals surface area (Å²) >= 11 is 11.4. The Kier molecular flexibility index (Phi) is 6.84. The Hall–Kier alpha value is -2.48. The van der Waals surface area contributed by atoms with Gasteiger partial charge in [0.2, 0.25) is 0 Å². The number of fused-ring (bicyclic) bond motifs is 1. The number of amides is 1. The Morgan fingerprint density at radius 2 is 1.90 bits per heavy atom. The number of aromatic nitrogens is 2. The standard InChI is InChI=1S/C21H23ClN4O2S/c1-3-26(4-2)18(14-7-5-6-8-16(14)22)12-23-19(27)13-9-10-15-17(11-13)24-21(29)25-20(15)28/h5-11,18H,3-4,12H2,1-2H3,(H,23,27)(H2,24,25,28,29). The molecule has 3 rings (SSSR count). The van der Waals surface area contributed by atoms with Crippen LogP contribution in [-0.2, 0) is 0 Å². The van der Waals surface area contributed by atoms with E-state index in [1.807, 2.05) is 24.3 Å². The first-order valence-electron chi connectivity index (χ1n) is 9.47. The largest absolute Gasteiger partial charge is 0.350 e. The zero-order valence-electron chi connectivity index (χ0n) is 16.3. The van der Waals surface area contributed by atoms with Crippen molar-refractivity contribution in [3.05, 3.63) is 73.7 Å². The van der Waals surface area contributed by atoms with Gasteiger partial charge in [-0.2, -0.15) is 0 Å². The molecule has 0 aliphatic carbocycles. The lowest BCUT2D eigenvalue weighted by atomic mass is 10.0. The van der Waals surface area contributed by atoms with Crippen LogP contribution in [0, 0.1) is 4.77 Å². The average Bonchev–Trinajstić information content (AvgIpc) is 2.71. The van der Waals surface area contributed by atoms with Crippen LogP contribution >= 0.6 is 23.8 Å². The maximum Gasteiger partial charge on any atom is 0.259 e. The number of halogens is 1. The third-order valence-electron chi connectivity index (χ3n) is 4.97. The van der Waals surface area contributed by atoms with Gasteiger partial charge in [-0.05, 0) is 55.1 Å². The van der Waals surface area contributed by atoms with E-state index in [4.69, 9.17) is 23.8 Å². The summed E-state index contributed by atoms with van der Waals surface area (Å²) in [5, 5.41) is 4.13. The molecule has 0 saturated heterocycles. The maximum atomic E-state index is 12.8. The number of likely N-dealkylation sites (N-methyl/N-ethyl adjacent to an activating group) is 1. The predicted molar refractivity (Wildman–Crippen MR) is 119 cm³/mol. The Morgan fingerprint density at radius 1 is 1.17 bits per heavy atom. The molecule has 3 N–H and O–H groups in total. The molecule has 0 aliphatic rings. The van der Waals surface area contributed by atoms with Crippen molar-refractivity contribution >= 4 is 40.6 Å². The summed E-state index contributed by atoms with van der Waals surface area (Å²) in [6.07, 6.45) is 0. The van der Waals surface area contributed by atoms with Crippen molar-refractivity contribution in [2.24, 2.45) is 0 Å². The minimum absolute atomic E-state index is 0.0447. The molecule has 3 aromatic rings. The van der Waals surface area contributed by atoms with Crippen molar-refractivity contribution in [1.82, 2.24) is 20.2 Å². The minimum Gasteiger partial charge on any atom is -0.350 e. The maximum absolute atomic E-state index is 12.8. The van der Waals surface area contributed by atoms with E-state index < -0.39 is 0 Å². The Labute approximate surface area is 178 Å². The van der Waals surface area contributed by atoms with E-state index in [1.165, 1.54) is 0 Å². The van der Waals surface area contributed by atoms with Gasteiger partial charge in [-0.15, -0.1) is 0 Å². The van der Waals surface area contributed by atoms with E-state index in [1.54, 1.807) is 18.2 Å². The van der Waals surface area contributed by atoms with Crippen molar-refractivity contribution in [1.29, 1.82) is 0 Å². The number of benzene rings is 2. The summed E-state index contributed by atoms with van der Waals surface area (Å²) in [6, 6.07) is 12.5. The number of aromatic amines is 2. The second kappa shape index (κ2) is 9.35. The zero-order valence-corrected chi connectivity index (χ0v) is 17.9. The van der Waals surface area contributed by atoms with Crippen molar-refractivity contribution in [3.8, 4) is 0 Å². The highest BCUT2D eigenvalue weighted by Gasteiger charge is 2.21. The zero-order chi connectivity index (χ0) is 21.0. The monoisotopic (exact) mass is 430 g/mol. The second-order valence-electron chi connectivity index (χ2n) is 6.64. The topological polar surface area (TPSA) is 81.0 Å². The van der Waals surface area contributed by atoms with Crippen molar-refractivity contribution < 1.29 is 4.79 Å². The first-order chi connectivity index (χ1) is 13.9. The molecule has 1 atom stereocenters. The Balaban J connectivity index is 1.85. The molecule has 2 aromatic carbocycles. The molecule has 0 radical (unpaired) electrons. The van der Waals surface area contributed by atoms with Crippen molar-refractivity contribution in [3.63, 3.8) is 0 Å². The normalized spacial score (nSPS) is 12.3. The molecule has 152 valence electrons. The lowest BCUT2D eigenvalue weighted by molar-refractivity contribution is 0.0935. The molecule has 0 fully saturated rings. The molecule has 1 unspecified atom stereocenters. The van der Waals surface area contributed by atoms with Gasteiger partial charge in [-0.3, -0.25) is 19.5 Å². The van der Waals surface area contributed by atoms with Gasteiger partial charge in [0.25, 0.3) is 11.5 Å². The number of carbonyl (C=O) groups excluding carboxylic acids is 1. The van der Waals surface area contributed by atoms with E-state index in [-0.39, 0.29) is 22.3 Å². The van der Waals surface area contributed by atoms with Crippen LogP contribution in [0.15, 0.2) is 47.3 Å². The van der Waals surface area contributed by atoms with Crippen molar-refractivity contribution in [2.75, 3.05) is 19.6 Å². The second-order valence-corrected chi connectivity index (χ2v) is 7.45. The quantitative estimate of drug-likeness (QED) is 0.494. The van der Waals surface area contributed by atoms with Crippen LogP contribution in [-0.4, -0.2) is 40.4 Å². The molecule has 6 nitrogen and oxygen atoms in total. The van der Waals surface area contributed by atoms with Crippen LogP contribution in [0.2, 0.25) is 5.02 Å². The average molecular weight is 431 g/mol.